The Balaban J connectivity index is 6.56. The van der Waals surface area contributed by atoms with Crippen molar-refractivity contribution in [2.45, 2.75) is 82.1 Å². The van der Waals surface area contributed by atoms with E-state index in [1.807, 2.05) is 0 Å². The lowest BCUT2D eigenvalue weighted by Gasteiger charge is -2.59. The maximum absolute atomic E-state index is 13.1. The summed E-state index contributed by atoms with van der Waals surface area (Å²) >= 11 is 0. The molecule has 0 bridgehead atoms. The van der Waals surface area contributed by atoms with Gasteiger partial charge in [-0.15, -0.1) is 0 Å². The number of carbonyl (C=O) groups is 1. The van der Waals surface area contributed by atoms with Gasteiger partial charge in [-0.1, -0.05) is 75.7 Å². The number of hydrogen-bond acceptors (Lipinski definition) is 2. The van der Waals surface area contributed by atoms with Crippen LogP contribution in [0.1, 0.15) is 82.1 Å². The maximum Gasteiger partial charge on any atom is 0.299 e. The molecule has 0 N–H and O–H groups in total. The summed E-state index contributed by atoms with van der Waals surface area (Å²) in [6.45, 7) is 22.2. The molecular weight excluding hydrogens is 276 g/mol. The Hall–Kier alpha value is -0.313. The SMILES string of the molecule is CCCC(C(C)(C)C)C(C(=O)O[SiH3])(C(C)(C)C)C(C)(C)C. The maximum atomic E-state index is 13.1. The molecule has 3 heteroatoms. The number of carbonyl (C=O) groups excluding carboxylic acids is 1. The van der Waals surface area contributed by atoms with Crippen LogP contribution in [0.15, 0.2) is 0 Å². The van der Waals surface area contributed by atoms with Gasteiger partial charge >= 0.3 is 0 Å². The zero-order valence-corrected chi connectivity index (χ0v) is 18.3. The smallest absolute Gasteiger partial charge is 0.299 e. The first-order chi connectivity index (χ1) is 9.17. The van der Waals surface area contributed by atoms with Crippen LogP contribution < -0.4 is 0 Å². The minimum absolute atomic E-state index is 0.00235. The van der Waals surface area contributed by atoms with Gasteiger partial charge < -0.3 is 4.43 Å². The first-order valence-electron chi connectivity index (χ1n) is 8.26. The Bertz CT molecular complexity index is 339. The van der Waals surface area contributed by atoms with Crippen molar-refractivity contribution in [1.82, 2.24) is 0 Å². The van der Waals surface area contributed by atoms with Crippen molar-refractivity contribution in [3.63, 3.8) is 0 Å². The van der Waals surface area contributed by atoms with Crippen LogP contribution in [0.3, 0.4) is 0 Å². The average Bonchev–Trinajstić information content (AvgIpc) is 2.23. The van der Waals surface area contributed by atoms with E-state index in [1.165, 1.54) is 0 Å². The lowest BCUT2D eigenvalue weighted by atomic mass is 9.44. The molecule has 0 spiro atoms. The Kier molecular flexibility index (Phi) is 6.34. The molecular formula is C18H38O2Si. The largest absolute Gasteiger partial charge is 0.528 e. The van der Waals surface area contributed by atoms with E-state index in [9.17, 15) is 4.79 Å². The van der Waals surface area contributed by atoms with E-state index in [2.05, 4.69) is 69.2 Å². The zero-order chi connectivity index (χ0) is 17.3. The van der Waals surface area contributed by atoms with Crippen molar-refractivity contribution in [3.8, 4) is 0 Å². The fourth-order valence-electron chi connectivity index (χ4n) is 4.67. The summed E-state index contributed by atoms with van der Waals surface area (Å²) in [5, 5.41) is 0. The van der Waals surface area contributed by atoms with Crippen LogP contribution in [0, 0.1) is 27.6 Å². The van der Waals surface area contributed by atoms with Crippen LogP contribution in [-0.4, -0.2) is 16.5 Å². The highest BCUT2D eigenvalue weighted by molar-refractivity contribution is 6.06. The monoisotopic (exact) mass is 314 g/mol. The molecule has 0 saturated heterocycles. The molecule has 0 aromatic heterocycles. The van der Waals surface area contributed by atoms with Crippen LogP contribution >= 0.6 is 0 Å². The Morgan fingerprint density at radius 2 is 1.33 bits per heavy atom. The molecule has 0 aliphatic rings. The van der Waals surface area contributed by atoms with Crippen LogP contribution in [0.25, 0.3) is 0 Å². The summed E-state index contributed by atoms with van der Waals surface area (Å²) in [4.78, 5) is 13.1. The van der Waals surface area contributed by atoms with Crippen molar-refractivity contribution < 1.29 is 9.22 Å². The van der Waals surface area contributed by atoms with Crippen LogP contribution in [0.2, 0.25) is 0 Å². The van der Waals surface area contributed by atoms with Gasteiger partial charge in [0.15, 0.2) is 0 Å². The van der Waals surface area contributed by atoms with Crippen molar-refractivity contribution in [2.75, 3.05) is 0 Å². The second-order valence-electron chi connectivity index (χ2n) is 9.51. The van der Waals surface area contributed by atoms with Gasteiger partial charge in [0, 0.05) is 0 Å². The van der Waals surface area contributed by atoms with E-state index < -0.39 is 5.41 Å². The summed E-state index contributed by atoms with van der Waals surface area (Å²) in [7, 11) is 0.458. The molecule has 0 radical (unpaired) electrons. The highest BCUT2D eigenvalue weighted by Gasteiger charge is 2.63. The van der Waals surface area contributed by atoms with Gasteiger partial charge in [-0.3, -0.25) is 4.79 Å². The molecule has 0 saturated carbocycles. The summed E-state index contributed by atoms with van der Waals surface area (Å²) < 4.78 is 5.49. The Morgan fingerprint density at radius 1 is 0.952 bits per heavy atom. The topological polar surface area (TPSA) is 26.3 Å². The summed E-state index contributed by atoms with van der Waals surface area (Å²) in [6.07, 6.45) is 2.14. The third-order valence-corrected chi connectivity index (χ3v) is 5.39. The van der Waals surface area contributed by atoms with E-state index in [1.54, 1.807) is 0 Å². The molecule has 0 fully saturated rings. The lowest BCUT2D eigenvalue weighted by Crippen LogP contribution is -2.60. The second-order valence-corrected chi connectivity index (χ2v) is 9.92. The average molecular weight is 315 g/mol. The molecule has 126 valence electrons. The number of hydrogen-bond donors (Lipinski definition) is 0. The second kappa shape index (κ2) is 6.43. The predicted octanol–water partition coefficient (Wildman–Crippen LogP) is 4.35. The first-order valence-corrected chi connectivity index (χ1v) is 9.08. The van der Waals surface area contributed by atoms with Crippen molar-refractivity contribution >= 4 is 16.5 Å². The fraction of sp³-hybridized carbons (Fsp3) is 0.944. The minimum Gasteiger partial charge on any atom is -0.528 e. The van der Waals surface area contributed by atoms with Crippen LogP contribution in [-0.2, 0) is 9.22 Å². The predicted molar refractivity (Wildman–Crippen MR) is 95.2 cm³/mol. The van der Waals surface area contributed by atoms with Crippen molar-refractivity contribution in [2.24, 2.45) is 27.6 Å². The molecule has 0 aromatic carbocycles. The Morgan fingerprint density at radius 3 is 1.52 bits per heavy atom. The van der Waals surface area contributed by atoms with Gasteiger partial charge in [-0.25, -0.2) is 0 Å². The highest BCUT2D eigenvalue weighted by Crippen LogP contribution is 2.62. The highest BCUT2D eigenvalue weighted by atomic mass is 28.2. The third-order valence-electron chi connectivity index (χ3n) is 5.02. The zero-order valence-electron chi connectivity index (χ0n) is 16.3. The molecule has 21 heavy (non-hydrogen) atoms. The van der Waals surface area contributed by atoms with E-state index in [4.69, 9.17) is 4.43 Å². The Labute approximate surface area is 136 Å². The lowest BCUT2D eigenvalue weighted by molar-refractivity contribution is -0.185. The van der Waals surface area contributed by atoms with Gasteiger partial charge in [0.1, 0.15) is 0 Å². The molecule has 2 nitrogen and oxygen atoms in total. The van der Waals surface area contributed by atoms with Crippen LogP contribution in [0.5, 0.6) is 0 Å². The molecule has 0 aromatic rings. The van der Waals surface area contributed by atoms with Gasteiger partial charge in [-0.2, -0.15) is 0 Å². The number of rotatable bonds is 4. The molecule has 0 amide bonds. The first kappa shape index (κ1) is 20.7. The summed E-state index contributed by atoms with van der Waals surface area (Å²) in [6, 6.07) is 0. The molecule has 0 heterocycles. The summed E-state index contributed by atoms with van der Waals surface area (Å²) in [5.74, 6) is 0.291. The quantitative estimate of drug-likeness (QED) is 0.721. The molecule has 0 aliphatic heterocycles. The molecule has 0 rings (SSSR count). The summed E-state index contributed by atoms with van der Waals surface area (Å²) in [5.41, 5.74) is -0.734. The van der Waals surface area contributed by atoms with Gasteiger partial charge in [0.05, 0.1) is 5.41 Å². The van der Waals surface area contributed by atoms with E-state index in [0.29, 0.717) is 10.5 Å². The molecule has 1 unspecified atom stereocenters. The normalized spacial score (nSPS) is 15.9. The van der Waals surface area contributed by atoms with Crippen molar-refractivity contribution in [1.29, 1.82) is 0 Å². The van der Waals surface area contributed by atoms with Gasteiger partial charge in [-0.05, 0) is 28.6 Å². The standard InChI is InChI=1S/C18H38O2Si/c1-11-12-13(15(2,3)4)18(14(19)20-21,16(5,6)7)17(8,9)10/h13H,11-12H2,1-10,21H3. The van der Waals surface area contributed by atoms with Gasteiger partial charge in [0.2, 0.25) is 10.5 Å². The van der Waals surface area contributed by atoms with Crippen LogP contribution in [0.4, 0.5) is 0 Å². The molecule has 0 aliphatic carbocycles. The van der Waals surface area contributed by atoms with Gasteiger partial charge in [0.25, 0.3) is 5.97 Å². The third kappa shape index (κ3) is 3.72. The molecule has 1 atom stereocenters. The van der Waals surface area contributed by atoms with Crippen molar-refractivity contribution in [3.05, 3.63) is 0 Å². The van der Waals surface area contributed by atoms with E-state index in [-0.39, 0.29) is 28.1 Å². The minimum atomic E-state index is -0.490. The van der Waals surface area contributed by atoms with E-state index >= 15 is 0 Å². The van der Waals surface area contributed by atoms with E-state index in [0.717, 1.165) is 12.8 Å². The fourth-order valence-corrected chi connectivity index (χ4v) is 5.00.